The summed E-state index contributed by atoms with van der Waals surface area (Å²) in [5.41, 5.74) is 1.19. The molecule has 5 nitrogen and oxygen atoms in total. The summed E-state index contributed by atoms with van der Waals surface area (Å²) in [6, 6.07) is 15.9. The third kappa shape index (κ3) is 3.84. The van der Waals surface area contributed by atoms with E-state index < -0.39 is 10.0 Å². The fourth-order valence-electron chi connectivity index (χ4n) is 3.11. The van der Waals surface area contributed by atoms with Gasteiger partial charge in [0, 0.05) is 16.8 Å². The van der Waals surface area contributed by atoms with Gasteiger partial charge in [0.05, 0.1) is 32.2 Å². The summed E-state index contributed by atoms with van der Waals surface area (Å²) in [6.45, 7) is 0. The maximum Gasteiger partial charge on any atom is 0.283 e. The number of fused-ring (bicyclic) bond motifs is 1. The first-order valence-electron chi connectivity index (χ1n) is 8.72. The van der Waals surface area contributed by atoms with Crippen molar-refractivity contribution in [1.29, 1.82) is 0 Å². The van der Waals surface area contributed by atoms with Gasteiger partial charge in [0.25, 0.3) is 10.0 Å². The van der Waals surface area contributed by atoms with Gasteiger partial charge in [-0.05, 0) is 42.0 Å². The van der Waals surface area contributed by atoms with E-state index in [0.717, 1.165) is 4.09 Å². The smallest absolute Gasteiger partial charge is 0.283 e. The molecule has 152 valence electrons. The molecule has 0 saturated heterocycles. The Morgan fingerprint density at radius 1 is 0.933 bits per heavy atom. The molecule has 0 aliphatic carbocycles. The topological polar surface area (TPSA) is 69.0 Å². The van der Waals surface area contributed by atoms with Crippen molar-refractivity contribution in [2.45, 2.75) is 11.3 Å². The highest BCUT2D eigenvalue weighted by atomic mass is 35.5. The SMILES string of the molecule is O=C(Cc1ccc2cnn(S(=O)(=O)c3cccc(Cl)c3)c2c1)c1c(Cl)cccc1Cl. The number of hydrogen-bond acceptors (Lipinski definition) is 4. The fraction of sp³-hybridized carbons (Fsp3) is 0.0476. The fourth-order valence-corrected chi connectivity index (χ4v) is 5.29. The molecule has 0 bridgehead atoms. The number of carbonyl (C=O) groups excluding carboxylic acids is 1. The lowest BCUT2D eigenvalue weighted by Gasteiger charge is -2.08. The Kier molecular flexibility index (Phi) is 5.59. The van der Waals surface area contributed by atoms with Gasteiger partial charge in [-0.3, -0.25) is 4.79 Å². The van der Waals surface area contributed by atoms with Crippen molar-refractivity contribution in [2.24, 2.45) is 0 Å². The van der Waals surface area contributed by atoms with Crippen molar-refractivity contribution in [1.82, 2.24) is 9.19 Å². The Hall–Kier alpha value is -2.38. The van der Waals surface area contributed by atoms with Crippen LogP contribution in [0.25, 0.3) is 10.9 Å². The van der Waals surface area contributed by atoms with Crippen LogP contribution in [0.2, 0.25) is 15.1 Å². The molecule has 0 unspecified atom stereocenters. The molecular weight excluding hydrogens is 467 g/mol. The third-order valence-electron chi connectivity index (χ3n) is 4.53. The van der Waals surface area contributed by atoms with Gasteiger partial charge in [0.15, 0.2) is 5.78 Å². The van der Waals surface area contributed by atoms with E-state index >= 15 is 0 Å². The lowest BCUT2D eigenvalue weighted by atomic mass is 10.0. The van der Waals surface area contributed by atoms with Gasteiger partial charge in [0.1, 0.15) is 0 Å². The number of rotatable bonds is 5. The van der Waals surface area contributed by atoms with Gasteiger partial charge in [-0.15, -0.1) is 0 Å². The maximum absolute atomic E-state index is 13.0. The molecule has 4 rings (SSSR count). The Morgan fingerprint density at radius 2 is 1.63 bits per heavy atom. The van der Waals surface area contributed by atoms with Gasteiger partial charge < -0.3 is 0 Å². The molecule has 0 N–H and O–H groups in total. The molecule has 4 aromatic rings. The second-order valence-corrected chi connectivity index (χ2v) is 9.56. The largest absolute Gasteiger partial charge is 0.294 e. The average Bonchev–Trinajstić information content (AvgIpc) is 3.12. The van der Waals surface area contributed by atoms with Gasteiger partial charge >= 0.3 is 0 Å². The van der Waals surface area contributed by atoms with E-state index in [4.69, 9.17) is 34.8 Å². The van der Waals surface area contributed by atoms with Crippen LogP contribution in [0.3, 0.4) is 0 Å². The summed E-state index contributed by atoms with van der Waals surface area (Å²) < 4.78 is 27.0. The molecule has 1 aromatic heterocycles. The highest BCUT2D eigenvalue weighted by Gasteiger charge is 2.22. The molecule has 9 heteroatoms. The van der Waals surface area contributed by atoms with Crippen molar-refractivity contribution in [3.63, 3.8) is 0 Å². The number of nitrogens with zero attached hydrogens (tertiary/aromatic N) is 2. The summed E-state index contributed by atoms with van der Waals surface area (Å²) in [5.74, 6) is -0.270. The molecule has 0 aliphatic rings. The third-order valence-corrected chi connectivity index (χ3v) is 6.99. The lowest BCUT2D eigenvalue weighted by molar-refractivity contribution is 0.0993. The van der Waals surface area contributed by atoms with E-state index in [2.05, 4.69) is 5.10 Å². The van der Waals surface area contributed by atoms with Crippen molar-refractivity contribution < 1.29 is 13.2 Å². The number of Topliss-reactive ketones (excluding diaryl/α,β-unsaturated/α-hetero) is 1. The molecular formula is C21H13Cl3N2O3S. The van der Waals surface area contributed by atoms with E-state index in [0.29, 0.717) is 21.5 Å². The number of benzene rings is 3. The molecule has 0 spiro atoms. The van der Waals surface area contributed by atoms with Gasteiger partial charge in [-0.25, -0.2) is 0 Å². The van der Waals surface area contributed by atoms with Crippen LogP contribution >= 0.6 is 34.8 Å². The van der Waals surface area contributed by atoms with E-state index in [9.17, 15) is 13.2 Å². The molecule has 0 atom stereocenters. The molecule has 30 heavy (non-hydrogen) atoms. The predicted octanol–water partition coefficient (Wildman–Crippen LogP) is 5.66. The van der Waals surface area contributed by atoms with Crippen molar-refractivity contribution in [2.75, 3.05) is 0 Å². The summed E-state index contributed by atoms with van der Waals surface area (Å²) in [5, 5.41) is 5.49. The number of aromatic nitrogens is 2. The van der Waals surface area contributed by atoms with Crippen molar-refractivity contribution in [3.05, 3.63) is 93.1 Å². The Bertz CT molecular complexity index is 1380. The monoisotopic (exact) mass is 478 g/mol. The molecule has 0 radical (unpaired) electrons. The number of ketones is 1. The van der Waals surface area contributed by atoms with Crippen LogP contribution in [0.5, 0.6) is 0 Å². The van der Waals surface area contributed by atoms with E-state index in [1.165, 1.54) is 18.3 Å². The molecule has 1 heterocycles. The highest BCUT2D eigenvalue weighted by molar-refractivity contribution is 7.90. The minimum atomic E-state index is -3.96. The molecule has 0 fully saturated rings. The van der Waals surface area contributed by atoms with Crippen LogP contribution in [0, 0.1) is 0 Å². The minimum absolute atomic E-state index is 0.00177. The van der Waals surface area contributed by atoms with E-state index in [1.54, 1.807) is 48.5 Å². The normalized spacial score (nSPS) is 11.7. The number of hydrogen-bond donors (Lipinski definition) is 0. The quantitative estimate of drug-likeness (QED) is 0.346. The van der Waals surface area contributed by atoms with Crippen LogP contribution in [0.15, 0.2) is 71.8 Å². The van der Waals surface area contributed by atoms with Crippen molar-refractivity contribution in [3.8, 4) is 0 Å². The average molecular weight is 480 g/mol. The van der Waals surface area contributed by atoms with Gasteiger partial charge in [-0.2, -0.15) is 17.6 Å². The molecule has 0 saturated carbocycles. The summed E-state index contributed by atoms with van der Waals surface area (Å²) in [7, 11) is -3.96. The zero-order valence-corrected chi connectivity index (χ0v) is 18.3. The summed E-state index contributed by atoms with van der Waals surface area (Å²) in [4.78, 5) is 12.8. The van der Waals surface area contributed by atoms with Crippen LogP contribution in [0.4, 0.5) is 0 Å². The minimum Gasteiger partial charge on any atom is -0.294 e. The zero-order chi connectivity index (χ0) is 21.5. The van der Waals surface area contributed by atoms with E-state index in [1.807, 2.05) is 0 Å². The highest BCUT2D eigenvalue weighted by Crippen LogP contribution is 2.27. The standard InChI is InChI=1S/C21H13Cl3N2O3S/c22-15-3-1-4-16(11-15)30(28,29)26-19-9-13(7-8-14(19)12-25-26)10-20(27)21-17(23)5-2-6-18(21)24/h1-9,11-12H,10H2. The first-order valence-corrected chi connectivity index (χ1v) is 11.3. The van der Waals surface area contributed by atoms with Crippen LogP contribution in [-0.2, 0) is 16.4 Å². The van der Waals surface area contributed by atoms with Crippen LogP contribution in [-0.4, -0.2) is 23.4 Å². The van der Waals surface area contributed by atoms with Gasteiger partial charge in [-0.1, -0.05) is 59.1 Å². The summed E-state index contributed by atoms with van der Waals surface area (Å²) in [6.07, 6.45) is 1.45. The van der Waals surface area contributed by atoms with Gasteiger partial charge in [0.2, 0.25) is 0 Å². The molecule has 3 aromatic carbocycles. The Morgan fingerprint density at radius 3 is 2.33 bits per heavy atom. The van der Waals surface area contributed by atoms with Crippen molar-refractivity contribution >= 4 is 61.5 Å². The Balaban J connectivity index is 1.74. The van der Waals surface area contributed by atoms with Crippen LogP contribution in [0.1, 0.15) is 15.9 Å². The van der Waals surface area contributed by atoms with E-state index in [-0.39, 0.29) is 32.7 Å². The molecule has 0 amide bonds. The number of carbonyl (C=O) groups is 1. The first-order chi connectivity index (χ1) is 14.3. The summed E-state index contributed by atoms with van der Waals surface area (Å²) >= 11 is 18.2. The molecule has 0 aliphatic heterocycles. The van der Waals surface area contributed by atoms with Crippen LogP contribution < -0.4 is 0 Å². The second-order valence-electron chi connectivity index (χ2n) is 6.54. The lowest BCUT2D eigenvalue weighted by Crippen LogP contribution is -2.14. The maximum atomic E-state index is 13.0. The zero-order valence-electron chi connectivity index (χ0n) is 15.2. The number of halogens is 3. The second kappa shape index (κ2) is 8.04. The first kappa shape index (κ1) is 20.9. The predicted molar refractivity (Wildman–Crippen MR) is 118 cm³/mol. The Labute approximate surface area is 187 Å².